The molecule has 11 heteroatoms. The fourth-order valence-corrected chi connectivity index (χ4v) is 6.49. The smallest absolute Gasteiger partial charge is 0.339 e. The highest BCUT2D eigenvalue weighted by Crippen LogP contribution is 2.34. The maximum absolute atomic E-state index is 13.0. The van der Waals surface area contributed by atoms with E-state index in [-0.39, 0.29) is 29.8 Å². The molecule has 0 radical (unpaired) electrons. The zero-order valence-corrected chi connectivity index (χ0v) is 22.1. The van der Waals surface area contributed by atoms with Crippen molar-refractivity contribution in [3.63, 3.8) is 0 Å². The summed E-state index contributed by atoms with van der Waals surface area (Å²) in [7, 11) is 0. The van der Waals surface area contributed by atoms with Crippen molar-refractivity contribution in [1.29, 1.82) is 0 Å². The third kappa shape index (κ3) is 4.94. The summed E-state index contributed by atoms with van der Waals surface area (Å²) >= 11 is 7.69. The second-order valence-electron chi connectivity index (χ2n) is 9.20. The molecule has 2 atom stereocenters. The molecule has 2 fully saturated rings. The molecule has 0 spiro atoms. The van der Waals surface area contributed by atoms with Crippen molar-refractivity contribution in [3.05, 3.63) is 40.4 Å². The van der Waals surface area contributed by atoms with Crippen molar-refractivity contribution in [2.75, 3.05) is 37.7 Å². The number of nitrogens with zero attached hydrogens (tertiary/aromatic N) is 4. The maximum atomic E-state index is 13.0. The molecular formula is C25H31ClN6O3S. The first-order valence-electron chi connectivity index (χ1n) is 12.6. The summed E-state index contributed by atoms with van der Waals surface area (Å²) in [6.45, 7) is 7.65. The van der Waals surface area contributed by atoms with Crippen LogP contribution in [0.1, 0.15) is 59.8 Å². The summed E-state index contributed by atoms with van der Waals surface area (Å²) in [6, 6.07) is 5.71. The Labute approximate surface area is 219 Å². The molecule has 3 aromatic rings. The summed E-state index contributed by atoms with van der Waals surface area (Å²) in [6.07, 6.45) is 3.79. The van der Waals surface area contributed by atoms with E-state index in [1.807, 2.05) is 19.1 Å². The SMILES string of the molecule is CCOC(=O)c1cccc2nc(N3CC[C@H](NC(=O)c4nc(Cl)c(CC)[nH]4)[C@H](N4CCCC4)C3)sc12. The monoisotopic (exact) mass is 530 g/mol. The molecule has 2 saturated heterocycles. The number of H-pyrrole nitrogens is 1. The van der Waals surface area contributed by atoms with Gasteiger partial charge in [0.05, 0.1) is 28.1 Å². The van der Waals surface area contributed by atoms with Gasteiger partial charge < -0.3 is 19.9 Å². The number of carbonyl (C=O) groups excluding carboxylic acids is 2. The molecule has 0 aliphatic carbocycles. The number of halogens is 1. The Morgan fingerprint density at radius 2 is 2.03 bits per heavy atom. The van der Waals surface area contributed by atoms with Gasteiger partial charge in [-0.25, -0.2) is 14.8 Å². The fourth-order valence-electron chi connectivity index (χ4n) is 5.13. The highest BCUT2D eigenvalue weighted by Gasteiger charge is 2.37. The number of fused-ring (bicyclic) bond motifs is 1. The lowest BCUT2D eigenvalue weighted by Crippen LogP contribution is -2.60. The number of thiazole rings is 1. The number of likely N-dealkylation sites (tertiary alicyclic amines) is 1. The molecule has 0 saturated carbocycles. The standard InChI is InChI=1S/C25H31ClN6O3S/c1-3-16-21(26)30-22(27-16)23(33)28-17-10-13-32(14-19(17)31-11-5-6-12-31)25-29-18-9-7-8-15(20(18)36-25)24(34)35-4-2/h7-9,17,19H,3-6,10-14H2,1-2H3,(H,27,30)(H,28,33)/t17-,19+/m0/s1. The van der Waals surface area contributed by atoms with E-state index in [1.54, 1.807) is 13.0 Å². The molecule has 192 valence electrons. The second kappa shape index (κ2) is 10.7. The predicted octanol–water partition coefficient (Wildman–Crippen LogP) is 3.89. The number of aryl methyl sites for hydroxylation is 1. The lowest BCUT2D eigenvalue weighted by atomic mass is 9.98. The minimum Gasteiger partial charge on any atom is -0.462 e. The van der Waals surface area contributed by atoms with Crippen LogP contribution in [-0.4, -0.2) is 76.6 Å². The fraction of sp³-hybridized carbons (Fsp3) is 0.520. The molecule has 1 aromatic carbocycles. The van der Waals surface area contributed by atoms with Crippen LogP contribution in [-0.2, 0) is 11.2 Å². The second-order valence-corrected chi connectivity index (χ2v) is 10.5. The van der Waals surface area contributed by atoms with Gasteiger partial charge >= 0.3 is 5.97 Å². The van der Waals surface area contributed by atoms with Gasteiger partial charge in [0, 0.05) is 25.2 Å². The third-order valence-electron chi connectivity index (χ3n) is 6.97. The quantitative estimate of drug-likeness (QED) is 0.447. The Hall–Kier alpha value is -2.69. The highest BCUT2D eigenvalue weighted by atomic mass is 35.5. The topological polar surface area (TPSA) is 103 Å². The zero-order valence-electron chi connectivity index (χ0n) is 20.6. The van der Waals surface area contributed by atoms with Crippen molar-refractivity contribution in [1.82, 2.24) is 25.2 Å². The van der Waals surface area contributed by atoms with Crippen molar-refractivity contribution in [2.24, 2.45) is 0 Å². The summed E-state index contributed by atoms with van der Waals surface area (Å²) in [5.74, 6) is -0.283. The van der Waals surface area contributed by atoms with E-state index in [4.69, 9.17) is 21.3 Å². The van der Waals surface area contributed by atoms with E-state index in [2.05, 4.69) is 25.1 Å². The van der Waals surface area contributed by atoms with Crippen molar-refractivity contribution < 1.29 is 14.3 Å². The maximum Gasteiger partial charge on any atom is 0.339 e. The molecule has 36 heavy (non-hydrogen) atoms. The number of amides is 1. The van der Waals surface area contributed by atoms with E-state index in [9.17, 15) is 9.59 Å². The van der Waals surface area contributed by atoms with Crippen LogP contribution in [0.15, 0.2) is 18.2 Å². The van der Waals surface area contributed by atoms with Gasteiger partial charge in [-0.15, -0.1) is 0 Å². The number of hydrogen-bond acceptors (Lipinski definition) is 8. The van der Waals surface area contributed by atoms with Crippen LogP contribution in [0.25, 0.3) is 10.2 Å². The Morgan fingerprint density at radius 3 is 2.75 bits per heavy atom. The number of hydrogen-bond donors (Lipinski definition) is 2. The number of rotatable bonds is 7. The van der Waals surface area contributed by atoms with Gasteiger partial charge in [-0.3, -0.25) is 9.69 Å². The van der Waals surface area contributed by atoms with Gasteiger partial charge in [-0.2, -0.15) is 0 Å². The number of aromatic amines is 1. The third-order valence-corrected chi connectivity index (χ3v) is 8.45. The molecule has 5 rings (SSSR count). The lowest BCUT2D eigenvalue weighted by Gasteiger charge is -2.43. The number of nitrogens with one attached hydrogen (secondary N) is 2. The molecule has 4 heterocycles. The Bertz CT molecular complexity index is 1250. The lowest BCUT2D eigenvalue weighted by molar-refractivity contribution is 0.0528. The number of ether oxygens (including phenoxy) is 1. The number of aromatic nitrogens is 3. The zero-order chi connectivity index (χ0) is 25.2. The Kier molecular flexibility index (Phi) is 7.45. The summed E-state index contributed by atoms with van der Waals surface area (Å²) in [4.78, 5) is 42.4. The first kappa shape index (κ1) is 25.0. The largest absolute Gasteiger partial charge is 0.462 e. The molecule has 0 bridgehead atoms. The molecular weight excluding hydrogens is 500 g/mol. The molecule has 2 aliphatic rings. The minimum absolute atomic E-state index is 0.00901. The molecule has 9 nitrogen and oxygen atoms in total. The molecule has 2 aliphatic heterocycles. The number of piperidine rings is 1. The van der Waals surface area contributed by atoms with Gasteiger partial charge in [0.15, 0.2) is 16.1 Å². The molecule has 0 unspecified atom stereocenters. The van der Waals surface area contributed by atoms with E-state index in [1.165, 1.54) is 11.3 Å². The summed E-state index contributed by atoms with van der Waals surface area (Å²) in [5, 5.41) is 4.47. The first-order chi connectivity index (χ1) is 17.5. The van der Waals surface area contributed by atoms with E-state index < -0.39 is 0 Å². The van der Waals surface area contributed by atoms with Crippen LogP contribution in [0.4, 0.5) is 5.13 Å². The van der Waals surface area contributed by atoms with Crippen LogP contribution in [0, 0.1) is 0 Å². The van der Waals surface area contributed by atoms with E-state index in [0.717, 1.165) is 66.5 Å². The van der Waals surface area contributed by atoms with Gasteiger partial charge in [0.1, 0.15) is 0 Å². The number of carbonyl (C=O) groups is 2. The Morgan fingerprint density at radius 1 is 1.22 bits per heavy atom. The molecule has 2 aromatic heterocycles. The number of imidazole rings is 1. The van der Waals surface area contributed by atoms with Gasteiger partial charge in [0.2, 0.25) is 0 Å². The summed E-state index contributed by atoms with van der Waals surface area (Å²) in [5.41, 5.74) is 2.13. The van der Waals surface area contributed by atoms with Crippen LogP contribution in [0.3, 0.4) is 0 Å². The number of esters is 1. The number of anilines is 1. The highest BCUT2D eigenvalue weighted by molar-refractivity contribution is 7.22. The molecule has 1 amide bonds. The van der Waals surface area contributed by atoms with Crippen molar-refractivity contribution in [2.45, 2.75) is 51.6 Å². The average Bonchev–Trinajstić information content (AvgIpc) is 3.63. The predicted molar refractivity (Wildman–Crippen MR) is 141 cm³/mol. The van der Waals surface area contributed by atoms with Gasteiger partial charge in [0.25, 0.3) is 5.91 Å². The molecule has 2 N–H and O–H groups in total. The van der Waals surface area contributed by atoms with Crippen LogP contribution >= 0.6 is 22.9 Å². The van der Waals surface area contributed by atoms with Gasteiger partial charge in [-0.05, 0) is 57.8 Å². The van der Waals surface area contributed by atoms with Crippen molar-refractivity contribution in [3.8, 4) is 0 Å². The first-order valence-corrected chi connectivity index (χ1v) is 13.8. The summed E-state index contributed by atoms with van der Waals surface area (Å²) < 4.78 is 6.09. The average molecular weight is 531 g/mol. The normalized spacial score (nSPS) is 20.7. The van der Waals surface area contributed by atoms with Crippen molar-refractivity contribution >= 4 is 50.2 Å². The Balaban J connectivity index is 1.36. The van der Waals surface area contributed by atoms with E-state index in [0.29, 0.717) is 23.7 Å². The van der Waals surface area contributed by atoms with Crippen LogP contribution in [0.5, 0.6) is 0 Å². The van der Waals surface area contributed by atoms with E-state index >= 15 is 0 Å². The minimum atomic E-state index is -0.320. The van der Waals surface area contributed by atoms with Crippen LogP contribution < -0.4 is 10.2 Å². The van der Waals surface area contributed by atoms with Crippen LogP contribution in [0.2, 0.25) is 5.15 Å². The number of benzene rings is 1. The van der Waals surface area contributed by atoms with Gasteiger partial charge in [-0.1, -0.05) is 35.9 Å².